The molecule has 2 rings (SSSR count). The lowest BCUT2D eigenvalue weighted by Gasteiger charge is -2.37. The molecule has 0 radical (unpaired) electrons. The minimum atomic E-state index is 0. The second kappa shape index (κ2) is 5.66. The summed E-state index contributed by atoms with van der Waals surface area (Å²) in [4.78, 5) is 4.55. The highest BCUT2D eigenvalue weighted by molar-refractivity contribution is 5.24. The van der Waals surface area contributed by atoms with Gasteiger partial charge in [-0.05, 0) is 48.1 Å². The Morgan fingerprint density at radius 3 is 2.24 bits per heavy atom. The van der Waals surface area contributed by atoms with Crippen molar-refractivity contribution in [3.8, 4) is 0 Å². The maximum absolute atomic E-state index is 4.55. The van der Waals surface area contributed by atoms with Crippen LogP contribution in [0.4, 0.5) is 0 Å². The normalized spacial score (nSPS) is 23.4. The fraction of sp³-hybridized carbons (Fsp3) is 0.688. The number of aromatic nitrogens is 1. The van der Waals surface area contributed by atoms with Crippen molar-refractivity contribution >= 4 is 0 Å². The van der Waals surface area contributed by atoms with Gasteiger partial charge in [-0.3, -0.25) is 4.98 Å². The van der Waals surface area contributed by atoms with Crippen LogP contribution in [0.3, 0.4) is 0 Å². The predicted octanol–water partition coefficient (Wildman–Crippen LogP) is 4.36. The molecule has 0 aliphatic heterocycles. The summed E-state index contributed by atoms with van der Waals surface area (Å²) < 4.78 is 0. The van der Waals surface area contributed by atoms with E-state index in [9.17, 15) is 0 Å². The molecular weight excluding hydrogens is 206 g/mol. The minimum Gasteiger partial charge on any atom is -0.261 e. The number of nitrogens with zero attached hydrogens (tertiary/aromatic N) is 1. The molecular formula is C16H27N. The average molecular weight is 233 g/mol. The van der Waals surface area contributed by atoms with Gasteiger partial charge in [0.2, 0.25) is 0 Å². The average Bonchev–Trinajstić information content (AvgIpc) is 2.27. The largest absolute Gasteiger partial charge is 0.261 e. The highest BCUT2D eigenvalue weighted by Crippen LogP contribution is 2.37. The first-order chi connectivity index (χ1) is 7.59. The third kappa shape index (κ3) is 2.88. The van der Waals surface area contributed by atoms with Crippen LogP contribution in [0, 0.1) is 23.7 Å². The summed E-state index contributed by atoms with van der Waals surface area (Å²) in [5.41, 5.74) is 2.83. The Balaban J connectivity index is 0.00000144. The molecule has 96 valence electrons. The SMILES string of the molecule is C.CC(C)C1Cc2cccnc2CC1C(C)C. The Bertz CT molecular complexity index is 319. The zero-order valence-corrected chi connectivity index (χ0v) is 10.9. The van der Waals surface area contributed by atoms with Crippen molar-refractivity contribution in [2.24, 2.45) is 23.7 Å². The Kier molecular flexibility index (Phi) is 4.73. The molecule has 1 nitrogen and oxygen atoms in total. The van der Waals surface area contributed by atoms with Crippen LogP contribution >= 0.6 is 0 Å². The number of hydrogen-bond donors (Lipinski definition) is 0. The van der Waals surface area contributed by atoms with Crippen molar-refractivity contribution in [1.82, 2.24) is 4.98 Å². The highest BCUT2D eigenvalue weighted by atomic mass is 14.7. The summed E-state index contributed by atoms with van der Waals surface area (Å²) >= 11 is 0. The van der Waals surface area contributed by atoms with Crippen molar-refractivity contribution in [2.45, 2.75) is 48.0 Å². The summed E-state index contributed by atoms with van der Waals surface area (Å²) in [5, 5.41) is 0. The van der Waals surface area contributed by atoms with Crippen LogP contribution in [0.1, 0.15) is 46.4 Å². The zero-order chi connectivity index (χ0) is 11.7. The molecule has 0 N–H and O–H groups in total. The van der Waals surface area contributed by atoms with Crippen molar-refractivity contribution in [2.75, 3.05) is 0 Å². The van der Waals surface area contributed by atoms with E-state index in [0.717, 1.165) is 23.7 Å². The molecule has 0 bridgehead atoms. The molecule has 0 spiro atoms. The molecule has 1 aliphatic rings. The molecule has 17 heavy (non-hydrogen) atoms. The molecule has 0 amide bonds. The summed E-state index contributed by atoms with van der Waals surface area (Å²) in [6.45, 7) is 9.44. The highest BCUT2D eigenvalue weighted by Gasteiger charge is 2.32. The number of hydrogen-bond acceptors (Lipinski definition) is 1. The molecule has 0 saturated heterocycles. The van der Waals surface area contributed by atoms with Gasteiger partial charge in [0.1, 0.15) is 0 Å². The fourth-order valence-corrected chi connectivity index (χ4v) is 3.08. The van der Waals surface area contributed by atoms with Gasteiger partial charge < -0.3 is 0 Å². The van der Waals surface area contributed by atoms with Gasteiger partial charge in [0.05, 0.1) is 0 Å². The first kappa shape index (κ1) is 14.2. The minimum absolute atomic E-state index is 0. The maximum atomic E-state index is 4.55. The quantitative estimate of drug-likeness (QED) is 0.739. The Labute approximate surface area is 107 Å². The van der Waals surface area contributed by atoms with E-state index in [2.05, 4.69) is 44.8 Å². The topological polar surface area (TPSA) is 12.9 Å². The van der Waals surface area contributed by atoms with Gasteiger partial charge in [0.25, 0.3) is 0 Å². The second-order valence-electron chi connectivity index (χ2n) is 5.83. The molecule has 0 saturated carbocycles. The zero-order valence-electron chi connectivity index (χ0n) is 10.9. The molecule has 1 aromatic rings. The molecule has 2 unspecified atom stereocenters. The van der Waals surface area contributed by atoms with Crippen molar-refractivity contribution in [3.05, 3.63) is 29.6 Å². The first-order valence-corrected chi connectivity index (χ1v) is 6.52. The predicted molar refractivity (Wildman–Crippen MR) is 75.0 cm³/mol. The van der Waals surface area contributed by atoms with Gasteiger partial charge in [-0.15, -0.1) is 0 Å². The Hall–Kier alpha value is -0.850. The molecule has 1 heterocycles. The third-order valence-corrected chi connectivity index (χ3v) is 4.13. The summed E-state index contributed by atoms with van der Waals surface area (Å²) in [6, 6.07) is 4.33. The van der Waals surface area contributed by atoms with Gasteiger partial charge in [-0.1, -0.05) is 41.2 Å². The lowest BCUT2D eigenvalue weighted by molar-refractivity contribution is 0.179. The van der Waals surface area contributed by atoms with Crippen LogP contribution < -0.4 is 0 Å². The summed E-state index contributed by atoms with van der Waals surface area (Å²) in [6.07, 6.45) is 4.34. The maximum Gasteiger partial charge on any atom is 0.0438 e. The van der Waals surface area contributed by atoms with Gasteiger partial charge >= 0.3 is 0 Å². The smallest absolute Gasteiger partial charge is 0.0438 e. The summed E-state index contributed by atoms with van der Waals surface area (Å²) in [5.74, 6) is 3.18. The first-order valence-electron chi connectivity index (χ1n) is 6.52. The van der Waals surface area contributed by atoms with Crippen LogP contribution in [0.2, 0.25) is 0 Å². The molecule has 1 heteroatoms. The number of pyridine rings is 1. The van der Waals surface area contributed by atoms with Crippen LogP contribution in [0.15, 0.2) is 18.3 Å². The van der Waals surface area contributed by atoms with Crippen LogP contribution in [-0.4, -0.2) is 4.98 Å². The van der Waals surface area contributed by atoms with Crippen LogP contribution in [0.5, 0.6) is 0 Å². The molecule has 1 aliphatic carbocycles. The van der Waals surface area contributed by atoms with E-state index in [0.29, 0.717) is 0 Å². The van der Waals surface area contributed by atoms with Crippen molar-refractivity contribution in [1.29, 1.82) is 0 Å². The van der Waals surface area contributed by atoms with E-state index in [4.69, 9.17) is 0 Å². The number of fused-ring (bicyclic) bond motifs is 1. The Morgan fingerprint density at radius 2 is 1.65 bits per heavy atom. The van der Waals surface area contributed by atoms with Crippen LogP contribution in [0.25, 0.3) is 0 Å². The lowest BCUT2D eigenvalue weighted by Crippen LogP contribution is -2.33. The van der Waals surface area contributed by atoms with E-state index in [-0.39, 0.29) is 7.43 Å². The monoisotopic (exact) mass is 233 g/mol. The van der Waals surface area contributed by atoms with Gasteiger partial charge in [0.15, 0.2) is 0 Å². The van der Waals surface area contributed by atoms with Gasteiger partial charge in [0, 0.05) is 11.9 Å². The van der Waals surface area contributed by atoms with Gasteiger partial charge in [-0.2, -0.15) is 0 Å². The third-order valence-electron chi connectivity index (χ3n) is 4.13. The standard InChI is InChI=1S/C15H23N.CH4/c1-10(2)13-8-12-6-5-7-16-15(12)9-14(13)11(3)4;/h5-7,10-11,13-14H,8-9H2,1-4H3;1H4. The molecule has 2 atom stereocenters. The van der Waals surface area contributed by atoms with Crippen LogP contribution in [-0.2, 0) is 12.8 Å². The molecule has 1 aromatic heterocycles. The Morgan fingerprint density at radius 1 is 1.06 bits per heavy atom. The second-order valence-corrected chi connectivity index (χ2v) is 5.83. The fourth-order valence-electron chi connectivity index (χ4n) is 3.08. The van der Waals surface area contributed by atoms with Crippen molar-refractivity contribution in [3.63, 3.8) is 0 Å². The lowest BCUT2D eigenvalue weighted by atomic mass is 9.68. The molecule has 0 aromatic carbocycles. The van der Waals surface area contributed by atoms with E-state index in [1.807, 2.05) is 6.20 Å². The van der Waals surface area contributed by atoms with Gasteiger partial charge in [-0.25, -0.2) is 0 Å². The van der Waals surface area contributed by atoms with E-state index in [1.165, 1.54) is 24.1 Å². The molecule has 0 fully saturated rings. The van der Waals surface area contributed by atoms with E-state index < -0.39 is 0 Å². The van der Waals surface area contributed by atoms with Crippen molar-refractivity contribution < 1.29 is 0 Å². The van der Waals surface area contributed by atoms with E-state index >= 15 is 0 Å². The number of rotatable bonds is 2. The van der Waals surface area contributed by atoms with E-state index in [1.54, 1.807) is 0 Å². The summed E-state index contributed by atoms with van der Waals surface area (Å²) in [7, 11) is 0.